The highest BCUT2D eigenvalue weighted by Gasteiger charge is 2.20. The Morgan fingerprint density at radius 3 is 2.67 bits per heavy atom. The second-order valence-electron chi connectivity index (χ2n) is 5.20. The van der Waals surface area contributed by atoms with Crippen molar-refractivity contribution in [3.8, 4) is 6.07 Å². The summed E-state index contributed by atoms with van der Waals surface area (Å²) in [4.78, 5) is 3.37. The Kier molecular flexibility index (Phi) is 4.17. The number of fused-ring (bicyclic) bond motifs is 1. The molecule has 0 saturated heterocycles. The van der Waals surface area contributed by atoms with Gasteiger partial charge in [0.1, 0.15) is 6.07 Å². The predicted octanol–water partition coefficient (Wildman–Crippen LogP) is 4.75. The average molecular weight is 294 g/mol. The van der Waals surface area contributed by atoms with Gasteiger partial charge in [0.05, 0.1) is 11.3 Å². The van der Waals surface area contributed by atoms with E-state index in [2.05, 4.69) is 47.4 Å². The van der Waals surface area contributed by atoms with Crippen LogP contribution in [-0.4, -0.2) is 12.8 Å². The second-order valence-corrected chi connectivity index (χ2v) is 6.05. The molecule has 0 aromatic heterocycles. The number of anilines is 2. The fourth-order valence-electron chi connectivity index (χ4n) is 2.97. The van der Waals surface area contributed by atoms with Crippen molar-refractivity contribution in [2.75, 3.05) is 17.7 Å². The maximum atomic E-state index is 9.59. The Morgan fingerprint density at radius 1 is 1.05 bits per heavy atom. The van der Waals surface area contributed by atoms with Crippen molar-refractivity contribution in [3.05, 3.63) is 53.6 Å². The Balaban J connectivity index is 2.15. The van der Waals surface area contributed by atoms with E-state index in [9.17, 15) is 5.26 Å². The molecule has 0 bridgehead atoms. The third-order valence-electron chi connectivity index (χ3n) is 3.99. The van der Waals surface area contributed by atoms with Crippen LogP contribution in [0.3, 0.4) is 0 Å². The van der Waals surface area contributed by atoms with E-state index in [1.165, 1.54) is 17.7 Å². The quantitative estimate of drug-likeness (QED) is 0.748. The van der Waals surface area contributed by atoms with Crippen molar-refractivity contribution in [1.29, 1.82) is 5.26 Å². The van der Waals surface area contributed by atoms with Crippen LogP contribution in [0.15, 0.2) is 47.4 Å². The van der Waals surface area contributed by atoms with E-state index in [0.29, 0.717) is 0 Å². The van der Waals surface area contributed by atoms with Crippen LogP contribution in [-0.2, 0) is 6.42 Å². The number of nitriles is 1. The summed E-state index contributed by atoms with van der Waals surface area (Å²) in [7, 11) is 0. The number of nitrogens with zero attached hydrogens (tertiary/aromatic N) is 2. The maximum Gasteiger partial charge on any atom is 0.103 e. The van der Waals surface area contributed by atoms with Crippen LogP contribution >= 0.6 is 11.8 Å². The van der Waals surface area contributed by atoms with E-state index >= 15 is 0 Å². The second kappa shape index (κ2) is 6.24. The lowest BCUT2D eigenvalue weighted by Crippen LogP contribution is -2.19. The SMILES string of the molecule is CSc1cccc(N2CCCCc3ccccc32)c1C#N. The van der Waals surface area contributed by atoms with E-state index in [-0.39, 0.29) is 0 Å². The van der Waals surface area contributed by atoms with Gasteiger partial charge in [-0.1, -0.05) is 24.3 Å². The first kappa shape index (κ1) is 14.0. The van der Waals surface area contributed by atoms with E-state index in [4.69, 9.17) is 0 Å². The summed E-state index contributed by atoms with van der Waals surface area (Å²) in [5, 5.41) is 9.59. The van der Waals surface area contributed by atoms with Gasteiger partial charge < -0.3 is 4.90 Å². The summed E-state index contributed by atoms with van der Waals surface area (Å²) in [6.07, 6.45) is 5.51. The van der Waals surface area contributed by atoms with Crippen molar-refractivity contribution >= 4 is 23.1 Å². The minimum Gasteiger partial charge on any atom is -0.340 e. The zero-order valence-corrected chi connectivity index (χ0v) is 13.0. The van der Waals surface area contributed by atoms with E-state index in [1.807, 2.05) is 12.3 Å². The molecule has 0 atom stereocenters. The van der Waals surface area contributed by atoms with Crippen molar-refractivity contribution in [2.45, 2.75) is 24.2 Å². The summed E-state index contributed by atoms with van der Waals surface area (Å²) in [6, 6.07) is 17.1. The Labute approximate surface area is 130 Å². The van der Waals surface area contributed by atoms with E-state index in [0.717, 1.165) is 35.5 Å². The van der Waals surface area contributed by atoms with Crippen molar-refractivity contribution in [2.24, 2.45) is 0 Å². The molecular weight excluding hydrogens is 276 g/mol. The van der Waals surface area contributed by atoms with Crippen LogP contribution < -0.4 is 4.90 Å². The normalized spacial score (nSPS) is 14.2. The molecule has 2 aromatic carbocycles. The number of hydrogen-bond donors (Lipinski definition) is 0. The van der Waals surface area contributed by atoms with Gasteiger partial charge in [-0.05, 0) is 49.3 Å². The molecular formula is C18H18N2S. The monoisotopic (exact) mass is 294 g/mol. The molecule has 1 aliphatic heterocycles. The van der Waals surface area contributed by atoms with Gasteiger partial charge in [0.25, 0.3) is 0 Å². The van der Waals surface area contributed by atoms with Gasteiger partial charge in [-0.25, -0.2) is 0 Å². The van der Waals surface area contributed by atoms with Crippen molar-refractivity contribution in [3.63, 3.8) is 0 Å². The lowest BCUT2D eigenvalue weighted by Gasteiger charge is -2.26. The van der Waals surface area contributed by atoms with Gasteiger partial charge in [-0.2, -0.15) is 5.26 Å². The molecule has 3 heteroatoms. The molecule has 106 valence electrons. The first-order valence-corrected chi connectivity index (χ1v) is 8.50. The largest absolute Gasteiger partial charge is 0.340 e. The minimum absolute atomic E-state index is 0.793. The number of benzene rings is 2. The van der Waals surface area contributed by atoms with Gasteiger partial charge in [-0.3, -0.25) is 0 Å². The van der Waals surface area contributed by atoms with Gasteiger partial charge in [0.15, 0.2) is 0 Å². The van der Waals surface area contributed by atoms with Crippen LogP contribution in [0.25, 0.3) is 0 Å². The highest BCUT2D eigenvalue weighted by molar-refractivity contribution is 7.98. The molecule has 0 amide bonds. The molecule has 2 aromatic rings. The molecule has 3 rings (SSSR count). The number of aryl methyl sites for hydroxylation is 1. The Bertz CT molecular complexity index is 688. The summed E-state index contributed by atoms with van der Waals surface area (Å²) in [6.45, 7) is 0.976. The molecule has 21 heavy (non-hydrogen) atoms. The zero-order valence-electron chi connectivity index (χ0n) is 12.2. The fraction of sp³-hybridized carbons (Fsp3) is 0.278. The predicted molar refractivity (Wildman–Crippen MR) is 89.3 cm³/mol. The molecule has 1 aliphatic rings. The number of thioether (sulfide) groups is 1. The van der Waals surface area contributed by atoms with Gasteiger partial charge in [0.2, 0.25) is 0 Å². The minimum atomic E-state index is 0.793. The topological polar surface area (TPSA) is 27.0 Å². The summed E-state index contributed by atoms with van der Waals surface area (Å²) < 4.78 is 0. The van der Waals surface area contributed by atoms with Crippen LogP contribution in [0.1, 0.15) is 24.0 Å². The lowest BCUT2D eigenvalue weighted by atomic mass is 10.1. The molecule has 0 N–H and O–H groups in total. The highest BCUT2D eigenvalue weighted by Crippen LogP contribution is 2.37. The number of rotatable bonds is 2. The Morgan fingerprint density at radius 2 is 1.86 bits per heavy atom. The molecule has 0 radical (unpaired) electrons. The zero-order chi connectivity index (χ0) is 14.7. The van der Waals surface area contributed by atoms with Gasteiger partial charge in [0, 0.05) is 17.1 Å². The van der Waals surface area contributed by atoms with E-state index < -0.39 is 0 Å². The first-order chi connectivity index (χ1) is 10.3. The van der Waals surface area contributed by atoms with E-state index in [1.54, 1.807) is 11.8 Å². The first-order valence-electron chi connectivity index (χ1n) is 7.27. The fourth-order valence-corrected chi connectivity index (χ4v) is 3.54. The smallest absolute Gasteiger partial charge is 0.103 e. The molecule has 0 saturated carbocycles. The number of hydrogen-bond acceptors (Lipinski definition) is 3. The Hall–Kier alpha value is -1.92. The van der Waals surface area contributed by atoms with Crippen molar-refractivity contribution in [1.82, 2.24) is 0 Å². The standard InChI is InChI=1S/C18H18N2S/c1-21-18-11-6-10-17(15(18)13-19)20-12-5-4-8-14-7-2-3-9-16(14)20/h2-3,6-7,9-11H,4-5,8,12H2,1H3. The van der Waals surface area contributed by atoms with Crippen LogP contribution in [0.2, 0.25) is 0 Å². The number of para-hydroxylation sites is 1. The average Bonchev–Trinajstić information content (AvgIpc) is 2.76. The summed E-state index contributed by atoms with van der Waals surface area (Å²) in [5.41, 5.74) is 4.47. The third-order valence-corrected chi connectivity index (χ3v) is 4.77. The van der Waals surface area contributed by atoms with Gasteiger partial charge >= 0.3 is 0 Å². The molecule has 0 spiro atoms. The molecule has 1 heterocycles. The van der Waals surface area contributed by atoms with Crippen LogP contribution in [0, 0.1) is 11.3 Å². The molecule has 0 aliphatic carbocycles. The third kappa shape index (κ3) is 2.64. The molecule has 2 nitrogen and oxygen atoms in total. The van der Waals surface area contributed by atoms with Crippen LogP contribution in [0.5, 0.6) is 0 Å². The molecule has 0 unspecified atom stereocenters. The molecule has 0 fully saturated rings. The highest BCUT2D eigenvalue weighted by atomic mass is 32.2. The maximum absolute atomic E-state index is 9.59. The van der Waals surface area contributed by atoms with Crippen LogP contribution in [0.4, 0.5) is 11.4 Å². The summed E-state index contributed by atoms with van der Waals surface area (Å²) >= 11 is 1.64. The van der Waals surface area contributed by atoms with Crippen molar-refractivity contribution < 1.29 is 0 Å². The lowest BCUT2D eigenvalue weighted by molar-refractivity contribution is 0.760. The summed E-state index contributed by atoms with van der Waals surface area (Å²) in [5.74, 6) is 0. The van der Waals surface area contributed by atoms with Gasteiger partial charge in [-0.15, -0.1) is 11.8 Å².